The topological polar surface area (TPSA) is 93.4 Å². The third-order valence-electron chi connectivity index (χ3n) is 5.44. The summed E-state index contributed by atoms with van der Waals surface area (Å²) in [5.74, 6) is 0.0510. The standard InChI is InChI=1S/C21H21N3O3S/c22-11-17-14-6-8-24(19(26)7-9-25)12-18(14)28-21(17)23-20(27)16-10-15(16)13-4-2-1-3-5-13/h1-5,15-16,25H,6-10,12H2,(H,23,27)/t15-,16-/m0/s1. The van der Waals surface area contributed by atoms with Crippen LogP contribution in [-0.4, -0.2) is 35.0 Å². The maximum absolute atomic E-state index is 12.7. The molecule has 1 aromatic heterocycles. The molecule has 28 heavy (non-hydrogen) atoms. The zero-order valence-corrected chi connectivity index (χ0v) is 16.2. The van der Waals surface area contributed by atoms with Crippen LogP contribution < -0.4 is 5.32 Å². The summed E-state index contributed by atoms with van der Waals surface area (Å²) in [6, 6.07) is 12.2. The predicted octanol–water partition coefficient (Wildman–Crippen LogP) is 2.63. The second-order valence-electron chi connectivity index (χ2n) is 7.21. The number of rotatable bonds is 5. The van der Waals surface area contributed by atoms with Crippen molar-refractivity contribution in [2.75, 3.05) is 18.5 Å². The van der Waals surface area contributed by atoms with Gasteiger partial charge in [0, 0.05) is 23.8 Å². The van der Waals surface area contributed by atoms with Crippen LogP contribution in [0.3, 0.4) is 0 Å². The van der Waals surface area contributed by atoms with Gasteiger partial charge in [-0.1, -0.05) is 30.3 Å². The number of nitrogens with one attached hydrogen (secondary N) is 1. The Morgan fingerprint density at radius 1 is 1.32 bits per heavy atom. The molecule has 2 aromatic rings. The minimum absolute atomic E-state index is 0.0443. The molecule has 7 heteroatoms. The molecule has 0 saturated heterocycles. The van der Waals surface area contributed by atoms with Crippen molar-refractivity contribution >= 4 is 28.2 Å². The van der Waals surface area contributed by atoms with Gasteiger partial charge in [0.1, 0.15) is 11.1 Å². The highest BCUT2D eigenvalue weighted by Gasteiger charge is 2.44. The largest absolute Gasteiger partial charge is 0.396 e. The van der Waals surface area contributed by atoms with Crippen LogP contribution in [0.15, 0.2) is 30.3 Å². The number of nitriles is 1. The molecule has 144 valence electrons. The Balaban J connectivity index is 1.47. The molecular formula is C21H21N3O3S. The van der Waals surface area contributed by atoms with Crippen LogP contribution in [0.5, 0.6) is 0 Å². The molecule has 2 amide bonds. The van der Waals surface area contributed by atoms with Crippen LogP contribution in [0.1, 0.15) is 40.3 Å². The molecule has 2 N–H and O–H groups in total. The van der Waals surface area contributed by atoms with Crippen molar-refractivity contribution in [2.45, 2.75) is 31.7 Å². The second-order valence-corrected chi connectivity index (χ2v) is 8.31. The van der Waals surface area contributed by atoms with Crippen LogP contribution in [0.2, 0.25) is 0 Å². The average Bonchev–Trinajstić information content (AvgIpc) is 3.44. The fourth-order valence-electron chi connectivity index (χ4n) is 3.83. The first-order valence-corrected chi connectivity index (χ1v) is 10.2. The van der Waals surface area contributed by atoms with Gasteiger partial charge in [-0.2, -0.15) is 5.26 Å². The third kappa shape index (κ3) is 3.53. The van der Waals surface area contributed by atoms with Gasteiger partial charge in [0.05, 0.1) is 18.7 Å². The first kappa shape index (κ1) is 18.7. The summed E-state index contributed by atoms with van der Waals surface area (Å²) >= 11 is 1.39. The fourth-order valence-corrected chi connectivity index (χ4v) is 5.05. The van der Waals surface area contributed by atoms with E-state index < -0.39 is 0 Å². The number of hydrogen-bond donors (Lipinski definition) is 2. The van der Waals surface area contributed by atoms with Crippen LogP contribution in [0, 0.1) is 17.2 Å². The molecule has 2 aliphatic rings. The van der Waals surface area contributed by atoms with Gasteiger partial charge in [0.15, 0.2) is 0 Å². The Labute approximate surface area is 167 Å². The van der Waals surface area contributed by atoms with E-state index in [1.807, 2.05) is 30.3 Å². The van der Waals surface area contributed by atoms with Crippen molar-refractivity contribution < 1.29 is 14.7 Å². The van der Waals surface area contributed by atoms with Gasteiger partial charge in [-0.25, -0.2) is 0 Å². The summed E-state index contributed by atoms with van der Waals surface area (Å²) in [5.41, 5.74) is 2.64. The van der Waals surface area contributed by atoms with Crippen molar-refractivity contribution in [1.82, 2.24) is 4.90 Å². The smallest absolute Gasteiger partial charge is 0.228 e. The summed E-state index contributed by atoms with van der Waals surface area (Å²) in [4.78, 5) is 27.4. The van der Waals surface area contributed by atoms with Gasteiger partial charge in [0.2, 0.25) is 11.8 Å². The predicted molar refractivity (Wildman–Crippen MR) is 106 cm³/mol. The highest BCUT2D eigenvalue weighted by Crippen LogP contribution is 2.48. The molecule has 2 atom stereocenters. The zero-order chi connectivity index (χ0) is 19.7. The maximum Gasteiger partial charge on any atom is 0.228 e. The molecule has 1 aliphatic carbocycles. The number of nitrogens with zero attached hydrogens (tertiary/aromatic N) is 2. The molecule has 1 saturated carbocycles. The van der Waals surface area contributed by atoms with Crippen LogP contribution in [0.4, 0.5) is 5.00 Å². The van der Waals surface area contributed by atoms with E-state index >= 15 is 0 Å². The zero-order valence-electron chi connectivity index (χ0n) is 15.4. The van der Waals surface area contributed by atoms with E-state index in [2.05, 4.69) is 11.4 Å². The van der Waals surface area contributed by atoms with Crippen LogP contribution in [0.25, 0.3) is 0 Å². The summed E-state index contributed by atoms with van der Waals surface area (Å²) in [5, 5.41) is 22.1. The number of aliphatic hydroxyl groups is 1. The van der Waals surface area contributed by atoms with Gasteiger partial charge in [0.25, 0.3) is 0 Å². The molecule has 1 aliphatic heterocycles. The number of hydrogen-bond acceptors (Lipinski definition) is 5. The van der Waals surface area contributed by atoms with E-state index in [-0.39, 0.29) is 36.7 Å². The molecule has 4 rings (SSSR count). The Hall–Kier alpha value is -2.69. The lowest BCUT2D eigenvalue weighted by Crippen LogP contribution is -2.35. The van der Waals surface area contributed by atoms with E-state index in [1.165, 1.54) is 16.9 Å². The lowest BCUT2D eigenvalue weighted by atomic mass is 10.0. The maximum atomic E-state index is 12.7. The number of aliphatic hydroxyl groups excluding tert-OH is 1. The van der Waals surface area contributed by atoms with Crippen molar-refractivity contribution in [1.29, 1.82) is 5.26 Å². The molecule has 6 nitrogen and oxygen atoms in total. The Morgan fingerprint density at radius 3 is 2.82 bits per heavy atom. The number of anilines is 1. The van der Waals surface area contributed by atoms with Crippen molar-refractivity contribution in [2.24, 2.45) is 5.92 Å². The molecule has 0 spiro atoms. The number of benzene rings is 1. The molecule has 0 bridgehead atoms. The van der Waals surface area contributed by atoms with E-state index in [0.717, 1.165) is 16.9 Å². The van der Waals surface area contributed by atoms with E-state index in [4.69, 9.17) is 5.11 Å². The van der Waals surface area contributed by atoms with E-state index in [0.29, 0.717) is 30.1 Å². The van der Waals surface area contributed by atoms with Crippen LogP contribution in [-0.2, 0) is 22.6 Å². The summed E-state index contributed by atoms with van der Waals surface area (Å²) in [7, 11) is 0. The van der Waals surface area contributed by atoms with Gasteiger partial charge in [-0.3, -0.25) is 9.59 Å². The summed E-state index contributed by atoms with van der Waals surface area (Å²) in [6.07, 6.45) is 1.53. The first-order valence-electron chi connectivity index (χ1n) is 9.41. The van der Waals surface area contributed by atoms with Gasteiger partial charge < -0.3 is 15.3 Å². The molecule has 0 radical (unpaired) electrons. The highest BCUT2D eigenvalue weighted by atomic mass is 32.1. The number of carbonyl (C=O) groups is 2. The second kappa shape index (κ2) is 7.74. The number of fused-ring (bicyclic) bond motifs is 1. The Morgan fingerprint density at radius 2 is 2.11 bits per heavy atom. The first-order chi connectivity index (χ1) is 13.6. The monoisotopic (exact) mass is 395 g/mol. The third-order valence-corrected chi connectivity index (χ3v) is 6.57. The van der Waals surface area contributed by atoms with Crippen LogP contribution >= 0.6 is 11.3 Å². The summed E-state index contributed by atoms with van der Waals surface area (Å²) in [6.45, 7) is 0.796. The normalized spacial score (nSPS) is 20.2. The Bertz CT molecular complexity index is 948. The Kier molecular flexibility index (Phi) is 5.16. The van der Waals surface area contributed by atoms with E-state index in [1.54, 1.807) is 4.90 Å². The molecular weight excluding hydrogens is 374 g/mol. The summed E-state index contributed by atoms with van der Waals surface area (Å²) < 4.78 is 0. The van der Waals surface area contributed by atoms with Gasteiger partial charge in [-0.05, 0) is 29.9 Å². The van der Waals surface area contributed by atoms with Crippen molar-refractivity contribution in [3.63, 3.8) is 0 Å². The lowest BCUT2D eigenvalue weighted by Gasteiger charge is -2.26. The van der Waals surface area contributed by atoms with Gasteiger partial charge >= 0.3 is 0 Å². The quantitative estimate of drug-likeness (QED) is 0.814. The number of carbonyl (C=O) groups excluding carboxylic acids is 2. The van der Waals surface area contributed by atoms with Crippen molar-refractivity contribution in [3.05, 3.63) is 51.9 Å². The average molecular weight is 395 g/mol. The van der Waals surface area contributed by atoms with Gasteiger partial charge in [-0.15, -0.1) is 11.3 Å². The SMILES string of the molecule is N#Cc1c(NC(=O)[C@H]2C[C@H]2c2ccccc2)sc2c1CCN(C(=O)CCO)C2. The molecule has 0 unspecified atom stereocenters. The van der Waals surface area contributed by atoms with Crippen molar-refractivity contribution in [3.8, 4) is 6.07 Å². The molecule has 1 aromatic carbocycles. The number of amides is 2. The molecule has 1 fully saturated rings. The minimum atomic E-state index is -0.165. The van der Waals surface area contributed by atoms with E-state index in [9.17, 15) is 14.9 Å². The number of thiophene rings is 1. The molecule has 2 heterocycles. The fraction of sp³-hybridized carbons (Fsp3) is 0.381. The highest BCUT2D eigenvalue weighted by molar-refractivity contribution is 7.16. The minimum Gasteiger partial charge on any atom is -0.396 e. The lowest BCUT2D eigenvalue weighted by molar-refractivity contribution is -0.132.